The predicted octanol–water partition coefficient (Wildman–Crippen LogP) is 2.11. The summed E-state index contributed by atoms with van der Waals surface area (Å²) < 4.78 is 3.18. The van der Waals surface area contributed by atoms with E-state index in [4.69, 9.17) is 5.73 Å². The van der Waals surface area contributed by atoms with E-state index in [1.54, 1.807) is 6.20 Å². The Kier molecular flexibility index (Phi) is 4.02. The van der Waals surface area contributed by atoms with Crippen molar-refractivity contribution in [1.82, 2.24) is 24.4 Å². The number of nitrogens with one attached hydrogen (secondary N) is 1. The van der Waals surface area contributed by atoms with Gasteiger partial charge in [-0.25, -0.2) is 9.50 Å². The summed E-state index contributed by atoms with van der Waals surface area (Å²) >= 11 is 0. The van der Waals surface area contributed by atoms with Crippen LogP contribution in [0.5, 0.6) is 0 Å². The summed E-state index contributed by atoms with van der Waals surface area (Å²) in [4.78, 5) is 29.1. The molecule has 0 atom stereocenters. The van der Waals surface area contributed by atoms with E-state index in [0.29, 0.717) is 17.8 Å². The summed E-state index contributed by atoms with van der Waals surface area (Å²) in [6.45, 7) is 4.80. The van der Waals surface area contributed by atoms with Gasteiger partial charge in [0.15, 0.2) is 5.65 Å². The lowest BCUT2D eigenvalue weighted by Crippen LogP contribution is -2.16. The van der Waals surface area contributed by atoms with Crippen molar-refractivity contribution in [2.45, 2.75) is 33.2 Å². The number of hydrogen-bond acceptors (Lipinski definition) is 4. The van der Waals surface area contributed by atoms with Crippen LogP contribution in [0, 0.1) is 0 Å². The number of hydrogen-bond donors (Lipinski definition) is 2. The molecule has 3 aromatic heterocycles. The van der Waals surface area contributed by atoms with Crippen molar-refractivity contribution in [1.29, 1.82) is 0 Å². The van der Waals surface area contributed by atoms with Crippen molar-refractivity contribution in [2.75, 3.05) is 0 Å². The third-order valence-corrected chi connectivity index (χ3v) is 4.67. The van der Waals surface area contributed by atoms with E-state index in [-0.39, 0.29) is 16.8 Å². The highest BCUT2D eigenvalue weighted by Crippen LogP contribution is 2.24. The molecule has 0 saturated carbocycles. The molecule has 0 unspecified atom stereocenters. The first-order chi connectivity index (χ1) is 13.0. The molecule has 4 aromatic rings. The minimum absolute atomic E-state index is 0.262. The number of aromatic amines is 1. The maximum atomic E-state index is 12.6. The number of primary amides is 1. The fourth-order valence-electron chi connectivity index (χ4n) is 3.42. The number of aromatic nitrogens is 5. The SMILES string of the molecule is CCCc1[nH]n2c(=O)cc(-c3ccc4c(cnn4CC)c3)nc2c1C(N)=O. The van der Waals surface area contributed by atoms with E-state index >= 15 is 0 Å². The highest BCUT2D eigenvalue weighted by atomic mass is 16.1. The summed E-state index contributed by atoms with van der Waals surface area (Å²) in [6.07, 6.45) is 3.21. The van der Waals surface area contributed by atoms with Crippen molar-refractivity contribution < 1.29 is 4.79 Å². The second-order valence-electron chi connectivity index (χ2n) is 6.45. The number of aryl methyl sites for hydroxylation is 2. The fourth-order valence-corrected chi connectivity index (χ4v) is 3.42. The van der Waals surface area contributed by atoms with Crippen LogP contribution in [0.3, 0.4) is 0 Å². The Morgan fingerprint density at radius 1 is 1.26 bits per heavy atom. The number of benzene rings is 1. The van der Waals surface area contributed by atoms with Gasteiger partial charge in [-0.15, -0.1) is 0 Å². The topological polar surface area (TPSA) is 111 Å². The smallest absolute Gasteiger partial charge is 0.273 e. The van der Waals surface area contributed by atoms with Crippen molar-refractivity contribution in [3.63, 3.8) is 0 Å². The largest absolute Gasteiger partial charge is 0.365 e. The molecule has 0 spiro atoms. The first-order valence-corrected chi connectivity index (χ1v) is 8.93. The summed E-state index contributed by atoms with van der Waals surface area (Å²) in [7, 11) is 0. The number of amides is 1. The molecule has 0 aliphatic heterocycles. The third-order valence-electron chi connectivity index (χ3n) is 4.67. The Morgan fingerprint density at radius 3 is 2.78 bits per heavy atom. The van der Waals surface area contributed by atoms with Gasteiger partial charge in [-0.1, -0.05) is 19.4 Å². The van der Waals surface area contributed by atoms with Crippen molar-refractivity contribution in [3.8, 4) is 11.3 Å². The lowest BCUT2D eigenvalue weighted by molar-refractivity contribution is 0.100. The fraction of sp³-hybridized carbons (Fsp3) is 0.263. The van der Waals surface area contributed by atoms with E-state index in [1.807, 2.05) is 36.7 Å². The number of nitrogens with zero attached hydrogens (tertiary/aromatic N) is 4. The molecule has 27 heavy (non-hydrogen) atoms. The zero-order chi connectivity index (χ0) is 19.1. The van der Waals surface area contributed by atoms with Gasteiger partial charge in [0.1, 0.15) is 5.56 Å². The zero-order valence-electron chi connectivity index (χ0n) is 15.2. The maximum Gasteiger partial charge on any atom is 0.273 e. The summed E-state index contributed by atoms with van der Waals surface area (Å²) in [6, 6.07) is 7.25. The maximum absolute atomic E-state index is 12.6. The van der Waals surface area contributed by atoms with Gasteiger partial charge in [0.05, 0.1) is 17.4 Å². The molecular weight excluding hydrogens is 344 g/mol. The van der Waals surface area contributed by atoms with Gasteiger partial charge < -0.3 is 5.73 Å². The average molecular weight is 364 g/mol. The molecule has 4 rings (SSSR count). The number of rotatable bonds is 5. The van der Waals surface area contributed by atoms with E-state index in [1.165, 1.54) is 10.6 Å². The molecule has 0 fully saturated rings. The molecule has 0 bridgehead atoms. The highest BCUT2D eigenvalue weighted by molar-refractivity contribution is 6.00. The molecule has 1 aromatic carbocycles. The molecule has 0 aliphatic rings. The van der Waals surface area contributed by atoms with Crippen molar-refractivity contribution in [2.24, 2.45) is 5.73 Å². The van der Waals surface area contributed by atoms with Gasteiger partial charge in [0.2, 0.25) is 0 Å². The Labute approximate surface area is 154 Å². The normalized spacial score (nSPS) is 11.5. The van der Waals surface area contributed by atoms with Crippen LogP contribution < -0.4 is 11.3 Å². The van der Waals surface area contributed by atoms with Crippen LogP contribution in [0.25, 0.3) is 27.8 Å². The lowest BCUT2D eigenvalue weighted by atomic mass is 10.1. The standard InChI is InChI=1S/C19H20N6O2/c1-3-5-13-17(18(20)27)19-22-14(9-16(26)25(19)23-13)11-6-7-15-12(8-11)10-21-24(15)4-2/h6-10,23H,3-5H2,1-2H3,(H2,20,27). The molecule has 3 heterocycles. The summed E-state index contributed by atoms with van der Waals surface area (Å²) in [5.41, 5.74) is 8.74. The summed E-state index contributed by atoms with van der Waals surface area (Å²) in [5.74, 6) is -0.596. The van der Waals surface area contributed by atoms with Gasteiger partial charge in [-0.3, -0.25) is 19.4 Å². The van der Waals surface area contributed by atoms with Crippen molar-refractivity contribution >= 4 is 22.5 Å². The molecule has 0 saturated heterocycles. The van der Waals surface area contributed by atoms with Gasteiger partial charge >= 0.3 is 0 Å². The minimum atomic E-state index is -0.596. The number of fused-ring (bicyclic) bond motifs is 2. The van der Waals surface area contributed by atoms with Crippen molar-refractivity contribution in [3.05, 3.63) is 52.1 Å². The van der Waals surface area contributed by atoms with Crippen LogP contribution in [0.4, 0.5) is 0 Å². The average Bonchev–Trinajstić information content (AvgIpc) is 3.22. The van der Waals surface area contributed by atoms with Gasteiger partial charge in [-0.2, -0.15) is 5.10 Å². The third kappa shape index (κ3) is 2.69. The molecule has 1 amide bonds. The molecule has 8 heteroatoms. The molecule has 3 N–H and O–H groups in total. The molecule has 138 valence electrons. The number of carbonyl (C=O) groups is 1. The van der Waals surface area contributed by atoms with E-state index < -0.39 is 5.91 Å². The Balaban J connectivity index is 1.93. The Morgan fingerprint density at radius 2 is 2.07 bits per heavy atom. The second kappa shape index (κ2) is 6.39. The Hall–Kier alpha value is -3.42. The van der Waals surface area contributed by atoms with Gasteiger partial charge in [-0.05, 0) is 25.5 Å². The van der Waals surface area contributed by atoms with Crippen LogP contribution in [0.1, 0.15) is 36.3 Å². The number of nitrogens with two attached hydrogens (primary N) is 1. The lowest BCUT2D eigenvalue weighted by Gasteiger charge is -2.04. The molecular formula is C19H20N6O2. The number of H-pyrrole nitrogens is 1. The van der Waals surface area contributed by atoms with E-state index in [0.717, 1.165) is 29.4 Å². The van der Waals surface area contributed by atoms with E-state index in [9.17, 15) is 9.59 Å². The van der Waals surface area contributed by atoms with Crippen LogP contribution >= 0.6 is 0 Å². The molecule has 8 nitrogen and oxygen atoms in total. The van der Waals surface area contributed by atoms with Gasteiger partial charge in [0, 0.05) is 29.3 Å². The van der Waals surface area contributed by atoms with Crippen LogP contribution in [-0.4, -0.2) is 30.3 Å². The predicted molar refractivity (Wildman–Crippen MR) is 103 cm³/mol. The first-order valence-electron chi connectivity index (χ1n) is 8.93. The van der Waals surface area contributed by atoms with Crippen LogP contribution in [0.15, 0.2) is 35.3 Å². The van der Waals surface area contributed by atoms with Crippen LogP contribution in [-0.2, 0) is 13.0 Å². The van der Waals surface area contributed by atoms with E-state index in [2.05, 4.69) is 15.2 Å². The second-order valence-corrected chi connectivity index (χ2v) is 6.45. The van der Waals surface area contributed by atoms with Gasteiger partial charge in [0.25, 0.3) is 11.5 Å². The Bertz CT molecular complexity index is 1230. The first kappa shape index (κ1) is 17.0. The zero-order valence-corrected chi connectivity index (χ0v) is 15.2. The number of carbonyl (C=O) groups excluding carboxylic acids is 1. The quantitative estimate of drug-likeness (QED) is 0.565. The highest BCUT2D eigenvalue weighted by Gasteiger charge is 2.19. The molecule has 0 radical (unpaired) electrons. The molecule has 0 aliphatic carbocycles. The minimum Gasteiger partial charge on any atom is -0.365 e. The van der Waals surface area contributed by atoms with Crippen LogP contribution in [0.2, 0.25) is 0 Å². The summed E-state index contributed by atoms with van der Waals surface area (Å²) in [5, 5.41) is 8.27. The monoisotopic (exact) mass is 364 g/mol.